The Morgan fingerprint density at radius 2 is 2.10 bits per heavy atom. The molecule has 1 aromatic carbocycles. The summed E-state index contributed by atoms with van der Waals surface area (Å²) in [4.78, 5) is 0.299. The highest BCUT2D eigenvalue weighted by Gasteiger charge is 2.32. The molecule has 0 aromatic heterocycles. The number of sulfonamides is 1. The van der Waals surface area contributed by atoms with Gasteiger partial charge in [-0.1, -0.05) is 32.4 Å². The molecular formula is C16H25NO3S. The summed E-state index contributed by atoms with van der Waals surface area (Å²) in [6.45, 7) is 4.51. The molecule has 1 aromatic rings. The van der Waals surface area contributed by atoms with Crippen molar-refractivity contribution >= 4 is 10.0 Å². The summed E-state index contributed by atoms with van der Waals surface area (Å²) >= 11 is 0. The van der Waals surface area contributed by atoms with Crippen molar-refractivity contribution in [3.05, 3.63) is 29.8 Å². The molecule has 0 bridgehead atoms. The molecule has 1 fully saturated rings. The summed E-state index contributed by atoms with van der Waals surface area (Å²) in [5.74, 6) is 0. The highest BCUT2D eigenvalue weighted by molar-refractivity contribution is 7.89. The van der Waals surface area contributed by atoms with Gasteiger partial charge in [0.15, 0.2) is 0 Å². The first-order chi connectivity index (χ1) is 10.0. The van der Waals surface area contributed by atoms with Gasteiger partial charge in [0.05, 0.1) is 11.0 Å². The van der Waals surface area contributed by atoms with Crippen molar-refractivity contribution in [2.24, 2.45) is 0 Å². The lowest BCUT2D eigenvalue weighted by molar-refractivity contribution is 0.173. The third kappa shape index (κ3) is 3.47. The number of hydrogen-bond donors (Lipinski definition) is 1. The Hall–Kier alpha value is -0.910. The summed E-state index contributed by atoms with van der Waals surface area (Å²) in [6, 6.07) is 6.84. The quantitative estimate of drug-likeness (QED) is 0.909. The molecule has 1 saturated heterocycles. The lowest BCUT2D eigenvalue weighted by Gasteiger charge is -2.34. The summed E-state index contributed by atoms with van der Waals surface area (Å²) in [6.07, 6.45) is 3.77. The lowest BCUT2D eigenvalue weighted by Crippen LogP contribution is -2.43. The maximum atomic E-state index is 12.9. The molecule has 1 aliphatic rings. The van der Waals surface area contributed by atoms with E-state index < -0.39 is 16.1 Å². The summed E-state index contributed by atoms with van der Waals surface area (Å²) < 4.78 is 27.4. The molecule has 21 heavy (non-hydrogen) atoms. The fourth-order valence-electron chi connectivity index (χ4n) is 2.95. The van der Waals surface area contributed by atoms with Crippen LogP contribution in [0.5, 0.6) is 0 Å². The van der Waals surface area contributed by atoms with Gasteiger partial charge in [-0.3, -0.25) is 0 Å². The van der Waals surface area contributed by atoms with E-state index >= 15 is 0 Å². The number of aliphatic hydroxyl groups excluding tert-OH is 1. The van der Waals surface area contributed by atoms with E-state index in [4.69, 9.17) is 0 Å². The third-order valence-corrected chi connectivity index (χ3v) is 6.23. The SMILES string of the molecule is CCC(O)c1cccc(S(=O)(=O)N2CCCCC2CC)c1. The highest BCUT2D eigenvalue weighted by atomic mass is 32.2. The van der Waals surface area contributed by atoms with Crippen molar-refractivity contribution in [3.63, 3.8) is 0 Å². The topological polar surface area (TPSA) is 57.6 Å². The van der Waals surface area contributed by atoms with Gasteiger partial charge < -0.3 is 5.11 Å². The molecule has 0 spiro atoms. The van der Waals surface area contributed by atoms with Crippen LogP contribution in [-0.2, 0) is 10.0 Å². The molecule has 0 amide bonds. The predicted octanol–water partition coefficient (Wildman–Crippen LogP) is 3.08. The molecule has 4 nitrogen and oxygen atoms in total. The molecule has 5 heteroatoms. The van der Waals surface area contributed by atoms with Crippen LogP contribution in [0.15, 0.2) is 29.2 Å². The maximum absolute atomic E-state index is 12.9. The van der Waals surface area contributed by atoms with Crippen LogP contribution in [0.4, 0.5) is 0 Å². The fourth-order valence-corrected chi connectivity index (χ4v) is 4.77. The van der Waals surface area contributed by atoms with Crippen LogP contribution in [-0.4, -0.2) is 30.4 Å². The van der Waals surface area contributed by atoms with E-state index in [1.165, 1.54) is 0 Å². The van der Waals surface area contributed by atoms with Gasteiger partial charge in [-0.15, -0.1) is 0 Å². The van der Waals surface area contributed by atoms with Crippen LogP contribution in [0, 0.1) is 0 Å². The Balaban J connectivity index is 2.34. The predicted molar refractivity (Wildman–Crippen MR) is 83.5 cm³/mol. The largest absolute Gasteiger partial charge is 0.388 e. The molecule has 1 aliphatic heterocycles. The monoisotopic (exact) mass is 311 g/mol. The highest BCUT2D eigenvalue weighted by Crippen LogP contribution is 2.28. The van der Waals surface area contributed by atoms with Crippen LogP contribution >= 0.6 is 0 Å². The minimum absolute atomic E-state index is 0.100. The van der Waals surface area contributed by atoms with E-state index in [0.717, 1.165) is 25.7 Å². The van der Waals surface area contributed by atoms with Crippen molar-refractivity contribution in [2.75, 3.05) is 6.54 Å². The molecular weight excluding hydrogens is 286 g/mol. The molecule has 1 N–H and O–H groups in total. The Morgan fingerprint density at radius 3 is 2.76 bits per heavy atom. The minimum atomic E-state index is -3.47. The molecule has 118 valence electrons. The van der Waals surface area contributed by atoms with Gasteiger partial charge in [-0.25, -0.2) is 8.42 Å². The average molecular weight is 311 g/mol. The normalized spacial score (nSPS) is 22.1. The van der Waals surface area contributed by atoms with Crippen LogP contribution in [0.2, 0.25) is 0 Å². The Labute approximate surface area is 127 Å². The Morgan fingerprint density at radius 1 is 1.33 bits per heavy atom. The Kier molecular flexibility index (Phi) is 5.41. The van der Waals surface area contributed by atoms with Crippen LogP contribution < -0.4 is 0 Å². The number of piperidine rings is 1. The first-order valence-electron chi connectivity index (χ1n) is 7.80. The van der Waals surface area contributed by atoms with Gasteiger partial charge in [0.1, 0.15) is 0 Å². The maximum Gasteiger partial charge on any atom is 0.243 e. The van der Waals surface area contributed by atoms with Gasteiger partial charge >= 0.3 is 0 Å². The fraction of sp³-hybridized carbons (Fsp3) is 0.625. The van der Waals surface area contributed by atoms with Gasteiger partial charge in [0.2, 0.25) is 10.0 Å². The average Bonchev–Trinajstić information content (AvgIpc) is 2.54. The number of benzene rings is 1. The smallest absolute Gasteiger partial charge is 0.243 e. The standard InChI is InChI=1S/C16H25NO3S/c1-3-14-9-5-6-11-17(14)21(19,20)15-10-7-8-13(12-15)16(18)4-2/h7-8,10,12,14,16,18H,3-6,9,11H2,1-2H3. The number of hydrogen-bond acceptors (Lipinski definition) is 3. The Bertz CT molecular complexity index is 571. The second kappa shape index (κ2) is 6.90. The molecule has 1 heterocycles. The van der Waals surface area contributed by atoms with E-state index in [1.54, 1.807) is 28.6 Å². The van der Waals surface area contributed by atoms with E-state index in [0.29, 0.717) is 23.4 Å². The zero-order valence-electron chi connectivity index (χ0n) is 12.8. The van der Waals surface area contributed by atoms with Gasteiger partial charge in [-0.2, -0.15) is 4.31 Å². The van der Waals surface area contributed by atoms with Gasteiger partial charge in [0, 0.05) is 12.6 Å². The third-order valence-electron chi connectivity index (χ3n) is 4.28. The second-order valence-corrected chi connectivity index (χ2v) is 7.56. The van der Waals surface area contributed by atoms with E-state index in [1.807, 2.05) is 13.8 Å². The number of aliphatic hydroxyl groups is 1. The van der Waals surface area contributed by atoms with E-state index in [2.05, 4.69) is 0 Å². The van der Waals surface area contributed by atoms with Crippen LogP contribution in [0.25, 0.3) is 0 Å². The first-order valence-corrected chi connectivity index (χ1v) is 9.24. The number of nitrogens with zero attached hydrogens (tertiary/aromatic N) is 1. The second-order valence-electron chi connectivity index (χ2n) is 5.67. The van der Waals surface area contributed by atoms with E-state index in [9.17, 15) is 13.5 Å². The molecule has 2 unspecified atom stereocenters. The molecule has 0 saturated carbocycles. The summed E-state index contributed by atoms with van der Waals surface area (Å²) in [5.41, 5.74) is 0.670. The molecule has 2 rings (SSSR count). The van der Waals surface area contributed by atoms with Crippen LogP contribution in [0.1, 0.15) is 57.6 Å². The molecule has 0 radical (unpaired) electrons. The summed E-state index contributed by atoms with van der Waals surface area (Å²) in [5, 5.41) is 9.92. The van der Waals surface area contributed by atoms with Crippen molar-refractivity contribution in [1.29, 1.82) is 0 Å². The van der Waals surface area contributed by atoms with Crippen molar-refractivity contribution in [2.45, 2.75) is 63.0 Å². The van der Waals surface area contributed by atoms with Crippen molar-refractivity contribution in [3.8, 4) is 0 Å². The molecule has 0 aliphatic carbocycles. The van der Waals surface area contributed by atoms with Gasteiger partial charge in [0.25, 0.3) is 0 Å². The minimum Gasteiger partial charge on any atom is -0.388 e. The number of rotatable bonds is 5. The summed E-state index contributed by atoms with van der Waals surface area (Å²) in [7, 11) is -3.47. The van der Waals surface area contributed by atoms with Crippen molar-refractivity contribution in [1.82, 2.24) is 4.31 Å². The van der Waals surface area contributed by atoms with E-state index in [-0.39, 0.29) is 6.04 Å². The first kappa shape index (κ1) is 16.5. The van der Waals surface area contributed by atoms with Crippen LogP contribution in [0.3, 0.4) is 0 Å². The zero-order chi connectivity index (χ0) is 15.5. The zero-order valence-corrected chi connectivity index (χ0v) is 13.6. The lowest BCUT2D eigenvalue weighted by atomic mass is 10.0. The van der Waals surface area contributed by atoms with Gasteiger partial charge in [-0.05, 0) is 43.4 Å². The molecule has 2 atom stereocenters. The van der Waals surface area contributed by atoms with Crippen molar-refractivity contribution < 1.29 is 13.5 Å².